The van der Waals surface area contributed by atoms with Crippen molar-refractivity contribution in [1.82, 2.24) is 10.2 Å². The van der Waals surface area contributed by atoms with E-state index < -0.39 is 12.0 Å². The molecule has 0 aromatic heterocycles. The summed E-state index contributed by atoms with van der Waals surface area (Å²) in [6.07, 6.45) is 0. The van der Waals surface area contributed by atoms with Gasteiger partial charge in [-0.2, -0.15) is 0 Å². The zero-order chi connectivity index (χ0) is 23.4. The quantitative estimate of drug-likeness (QED) is 0.468. The molecule has 3 aromatic rings. The molecule has 0 bridgehead atoms. The number of nitrogens with one attached hydrogen (secondary N) is 1. The minimum absolute atomic E-state index is 0.124. The summed E-state index contributed by atoms with van der Waals surface area (Å²) in [6, 6.07) is 21.5. The molecule has 0 saturated carbocycles. The van der Waals surface area contributed by atoms with Crippen LogP contribution in [0.15, 0.2) is 72.8 Å². The van der Waals surface area contributed by atoms with E-state index in [2.05, 4.69) is 5.32 Å². The number of carbonyl (C=O) groups excluding carboxylic acids is 2. The van der Waals surface area contributed by atoms with Crippen molar-refractivity contribution in [2.45, 2.75) is 18.5 Å². The van der Waals surface area contributed by atoms with Crippen molar-refractivity contribution in [2.75, 3.05) is 20.3 Å². The Morgan fingerprint density at radius 2 is 1.61 bits per heavy atom. The molecule has 1 heterocycles. The van der Waals surface area contributed by atoms with Gasteiger partial charge in [0.2, 0.25) is 5.91 Å². The molecule has 0 aliphatic carbocycles. The minimum Gasteiger partial charge on any atom is -0.383 e. The first-order valence-corrected chi connectivity index (χ1v) is 11.4. The lowest BCUT2D eigenvalue weighted by Crippen LogP contribution is -2.47. The Labute approximate surface area is 203 Å². The Balaban J connectivity index is 1.82. The number of nitrogens with zero attached hydrogens (tertiary/aromatic N) is 1. The van der Waals surface area contributed by atoms with Crippen LogP contribution in [0.4, 0.5) is 0 Å². The Morgan fingerprint density at radius 3 is 2.27 bits per heavy atom. The molecule has 0 saturated heterocycles. The fraction of sp³-hybridized carbons (Fsp3) is 0.231. The largest absolute Gasteiger partial charge is 0.383 e. The first kappa shape index (κ1) is 23.3. The van der Waals surface area contributed by atoms with Crippen molar-refractivity contribution < 1.29 is 14.3 Å². The van der Waals surface area contributed by atoms with Crippen LogP contribution < -0.4 is 5.32 Å². The van der Waals surface area contributed by atoms with Gasteiger partial charge in [0.25, 0.3) is 5.91 Å². The summed E-state index contributed by atoms with van der Waals surface area (Å²) < 4.78 is 5.10. The molecule has 1 aliphatic heterocycles. The zero-order valence-corrected chi connectivity index (χ0v) is 19.6. The monoisotopic (exact) mass is 482 g/mol. The number of ether oxygens (including phenoxy) is 1. The van der Waals surface area contributed by atoms with Gasteiger partial charge in [-0.1, -0.05) is 65.7 Å². The van der Waals surface area contributed by atoms with Gasteiger partial charge >= 0.3 is 0 Å². The molecule has 0 radical (unpaired) electrons. The van der Waals surface area contributed by atoms with Gasteiger partial charge in [0.05, 0.1) is 18.6 Å². The van der Waals surface area contributed by atoms with E-state index in [1.807, 2.05) is 42.5 Å². The fourth-order valence-electron chi connectivity index (χ4n) is 4.25. The minimum atomic E-state index is -0.593. The van der Waals surface area contributed by atoms with Crippen LogP contribution >= 0.6 is 23.2 Å². The number of rotatable bonds is 7. The highest BCUT2D eigenvalue weighted by Crippen LogP contribution is 2.43. The maximum atomic E-state index is 13.7. The summed E-state index contributed by atoms with van der Waals surface area (Å²) in [6.45, 7) is 1.12. The van der Waals surface area contributed by atoms with E-state index in [1.165, 1.54) is 0 Å². The summed E-state index contributed by atoms with van der Waals surface area (Å²) >= 11 is 12.2. The average molecular weight is 483 g/mol. The first-order chi connectivity index (χ1) is 16.0. The number of carbonyl (C=O) groups is 2. The number of hydrogen-bond acceptors (Lipinski definition) is 3. The smallest absolute Gasteiger partial charge is 0.255 e. The van der Waals surface area contributed by atoms with Crippen molar-refractivity contribution in [3.8, 4) is 0 Å². The summed E-state index contributed by atoms with van der Waals surface area (Å²) in [7, 11) is 1.59. The molecule has 2 unspecified atom stereocenters. The van der Waals surface area contributed by atoms with Gasteiger partial charge < -0.3 is 15.0 Å². The van der Waals surface area contributed by atoms with Crippen molar-refractivity contribution in [1.29, 1.82) is 0 Å². The molecule has 5 nitrogen and oxygen atoms in total. The zero-order valence-electron chi connectivity index (χ0n) is 18.1. The Bertz CT molecular complexity index is 1130. The van der Waals surface area contributed by atoms with Crippen LogP contribution in [-0.2, 0) is 16.1 Å². The second-order valence-corrected chi connectivity index (χ2v) is 8.78. The summed E-state index contributed by atoms with van der Waals surface area (Å²) in [5, 5.41) is 4.18. The first-order valence-electron chi connectivity index (χ1n) is 10.7. The standard InChI is InChI=1S/C26H24Cl2N2O3/c1-33-15-14-29-25(31)23-21-4-2-3-5-22(21)26(32)30(16-17-6-10-19(27)11-7-17)24(23)18-8-12-20(28)13-9-18/h2-13,23-24H,14-16H2,1H3,(H,29,31). The lowest BCUT2D eigenvalue weighted by atomic mass is 9.79. The highest BCUT2D eigenvalue weighted by Gasteiger charge is 2.44. The highest BCUT2D eigenvalue weighted by atomic mass is 35.5. The van der Waals surface area contributed by atoms with Gasteiger partial charge in [0.1, 0.15) is 0 Å². The third-order valence-electron chi connectivity index (χ3n) is 5.80. The normalized spacial score (nSPS) is 17.5. The second-order valence-electron chi connectivity index (χ2n) is 7.90. The third kappa shape index (κ3) is 5.06. The molecule has 0 spiro atoms. The molecule has 0 fully saturated rings. The maximum Gasteiger partial charge on any atom is 0.255 e. The van der Waals surface area contributed by atoms with Gasteiger partial charge in [-0.15, -0.1) is 0 Å². The molecule has 4 rings (SSSR count). The van der Waals surface area contributed by atoms with Gasteiger partial charge in [-0.3, -0.25) is 9.59 Å². The number of fused-ring (bicyclic) bond motifs is 1. The van der Waals surface area contributed by atoms with Crippen molar-refractivity contribution >= 4 is 35.0 Å². The second kappa shape index (κ2) is 10.4. The van der Waals surface area contributed by atoms with Gasteiger partial charge in [-0.05, 0) is 47.0 Å². The molecule has 33 heavy (non-hydrogen) atoms. The van der Waals surface area contributed by atoms with E-state index >= 15 is 0 Å². The van der Waals surface area contributed by atoms with Crippen LogP contribution in [-0.4, -0.2) is 37.0 Å². The summed E-state index contributed by atoms with van der Waals surface area (Å²) in [5.41, 5.74) is 3.00. The number of benzene rings is 3. The molecule has 2 atom stereocenters. The van der Waals surface area contributed by atoms with Crippen molar-refractivity contribution in [3.63, 3.8) is 0 Å². The number of methoxy groups -OCH3 is 1. The van der Waals surface area contributed by atoms with Crippen LogP contribution in [0.25, 0.3) is 0 Å². The predicted molar refractivity (Wildman–Crippen MR) is 130 cm³/mol. The van der Waals surface area contributed by atoms with Crippen LogP contribution in [0.2, 0.25) is 10.0 Å². The number of halogens is 2. The number of amides is 2. The topological polar surface area (TPSA) is 58.6 Å². The van der Waals surface area contributed by atoms with E-state index in [-0.39, 0.29) is 11.8 Å². The van der Waals surface area contributed by atoms with E-state index in [4.69, 9.17) is 27.9 Å². The molecular weight excluding hydrogens is 459 g/mol. The third-order valence-corrected chi connectivity index (χ3v) is 6.31. The van der Waals surface area contributed by atoms with E-state index in [0.717, 1.165) is 11.1 Å². The number of hydrogen-bond donors (Lipinski definition) is 1. The van der Waals surface area contributed by atoms with E-state index in [0.29, 0.717) is 40.9 Å². The highest BCUT2D eigenvalue weighted by molar-refractivity contribution is 6.30. The lowest BCUT2D eigenvalue weighted by Gasteiger charge is -2.42. The van der Waals surface area contributed by atoms with Crippen LogP contribution in [0, 0.1) is 0 Å². The van der Waals surface area contributed by atoms with Crippen molar-refractivity contribution in [3.05, 3.63) is 105 Å². The van der Waals surface area contributed by atoms with E-state index in [1.54, 1.807) is 42.3 Å². The maximum absolute atomic E-state index is 13.7. The van der Waals surface area contributed by atoms with Crippen LogP contribution in [0.3, 0.4) is 0 Å². The summed E-state index contributed by atoms with van der Waals surface area (Å²) in [4.78, 5) is 28.9. The molecular formula is C26H24Cl2N2O3. The molecule has 2 amide bonds. The Morgan fingerprint density at radius 1 is 0.970 bits per heavy atom. The van der Waals surface area contributed by atoms with Gasteiger partial charge in [-0.25, -0.2) is 0 Å². The van der Waals surface area contributed by atoms with Gasteiger partial charge in [0.15, 0.2) is 0 Å². The Kier molecular flexibility index (Phi) is 7.33. The SMILES string of the molecule is COCCNC(=O)C1c2ccccc2C(=O)N(Cc2ccc(Cl)cc2)C1c1ccc(Cl)cc1. The lowest BCUT2D eigenvalue weighted by molar-refractivity contribution is -0.124. The molecule has 170 valence electrons. The molecule has 3 aromatic carbocycles. The molecule has 1 N–H and O–H groups in total. The fourth-order valence-corrected chi connectivity index (χ4v) is 4.51. The van der Waals surface area contributed by atoms with Gasteiger partial charge in [0, 0.05) is 35.8 Å². The van der Waals surface area contributed by atoms with Crippen LogP contribution in [0.5, 0.6) is 0 Å². The van der Waals surface area contributed by atoms with Crippen molar-refractivity contribution in [2.24, 2.45) is 0 Å². The molecule has 1 aliphatic rings. The van der Waals surface area contributed by atoms with E-state index in [9.17, 15) is 9.59 Å². The van der Waals surface area contributed by atoms with Crippen LogP contribution in [0.1, 0.15) is 39.0 Å². The predicted octanol–water partition coefficient (Wildman–Crippen LogP) is 5.24. The summed E-state index contributed by atoms with van der Waals surface area (Å²) in [5.74, 6) is -0.876. The molecule has 7 heteroatoms. The Hall–Kier alpha value is -2.86. The average Bonchev–Trinajstić information content (AvgIpc) is 2.82.